The van der Waals surface area contributed by atoms with Gasteiger partial charge in [-0.3, -0.25) is 10.1 Å². The van der Waals surface area contributed by atoms with E-state index in [1.54, 1.807) is 5.32 Å². The first-order valence-electron chi connectivity index (χ1n) is 6.02. The van der Waals surface area contributed by atoms with Crippen molar-refractivity contribution in [2.75, 3.05) is 12.3 Å². The van der Waals surface area contributed by atoms with Crippen molar-refractivity contribution in [1.29, 1.82) is 0 Å². The van der Waals surface area contributed by atoms with Gasteiger partial charge in [0, 0.05) is 4.90 Å². The number of alkyl halides is 3. The molecule has 0 aromatic heterocycles. The Morgan fingerprint density at radius 3 is 2.48 bits per heavy atom. The molecule has 3 amide bonds. The van der Waals surface area contributed by atoms with Crippen molar-refractivity contribution in [2.45, 2.75) is 24.9 Å². The molecule has 2 N–H and O–H groups in total. The maximum absolute atomic E-state index is 11.9. The molecule has 0 radical (unpaired) electrons. The number of carbonyl (C=O) groups excluding carboxylic acids is 2. The minimum Gasteiger partial charge on any atom is -0.329 e. The van der Waals surface area contributed by atoms with Gasteiger partial charge < -0.3 is 5.32 Å². The number of carbonyl (C=O) groups is 2. The summed E-state index contributed by atoms with van der Waals surface area (Å²) in [5.74, 6) is -0.705. The first-order chi connectivity index (χ1) is 9.67. The van der Waals surface area contributed by atoms with Crippen molar-refractivity contribution in [2.24, 2.45) is 0 Å². The molecular weight excluding hydrogens is 305 g/mol. The highest BCUT2D eigenvalue weighted by Gasteiger charge is 2.27. The Morgan fingerprint density at radius 1 is 1.24 bits per heavy atom. The Hall–Kier alpha value is -1.70. The average Bonchev–Trinajstić information content (AvgIpc) is 2.34. The Morgan fingerprint density at radius 2 is 1.90 bits per heavy atom. The van der Waals surface area contributed by atoms with Crippen molar-refractivity contribution in [3.8, 4) is 0 Å². The number of hydrogen-bond acceptors (Lipinski definition) is 3. The average molecular weight is 320 g/mol. The minimum atomic E-state index is -4.51. The van der Waals surface area contributed by atoms with Gasteiger partial charge in [0.15, 0.2) is 0 Å². The Bertz CT molecular complexity index is 533. The van der Waals surface area contributed by atoms with Gasteiger partial charge in [-0.05, 0) is 25.5 Å². The second-order valence-electron chi connectivity index (χ2n) is 4.40. The lowest BCUT2D eigenvalue weighted by Crippen LogP contribution is -2.43. The van der Waals surface area contributed by atoms with E-state index in [2.05, 4.69) is 0 Å². The molecule has 0 aliphatic rings. The molecule has 116 valence electrons. The fourth-order valence-electron chi connectivity index (χ4n) is 1.49. The number of benzene rings is 1. The van der Waals surface area contributed by atoms with E-state index in [0.717, 1.165) is 16.0 Å². The topological polar surface area (TPSA) is 58.2 Å². The lowest BCUT2D eigenvalue weighted by molar-refractivity contribution is -0.124. The van der Waals surface area contributed by atoms with Crippen LogP contribution in [0.2, 0.25) is 0 Å². The monoisotopic (exact) mass is 320 g/mol. The summed E-state index contributed by atoms with van der Waals surface area (Å²) in [7, 11) is 0. The van der Waals surface area contributed by atoms with Crippen molar-refractivity contribution in [1.82, 2.24) is 10.6 Å². The van der Waals surface area contributed by atoms with Crippen molar-refractivity contribution in [3.63, 3.8) is 0 Å². The SMILES string of the molecule is Cc1ccc(SCC(=O)NC(=O)NCC(F)(F)F)c(C)c1. The molecule has 21 heavy (non-hydrogen) atoms. The van der Waals surface area contributed by atoms with E-state index in [4.69, 9.17) is 0 Å². The molecule has 0 aliphatic heterocycles. The number of imide groups is 1. The highest BCUT2D eigenvalue weighted by atomic mass is 32.2. The van der Waals surface area contributed by atoms with Crippen molar-refractivity contribution < 1.29 is 22.8 Å². The van der Waals surface area contributed by atoms with E-state index >= 15 is 0 Å². The lowest BCUT2D eigenvalue weighted by atomic mass is 10.2. The summed E-state index contributed by atoms with van der Waals surface area (Å²) in [4.78, 5) is 23.4. The Labute approximate surface area is 124 Å². The first-order valence-corrected chi connectivity index (χ1v) is 7.00. The molecule has 0 heterocycles. The molecule has 8 heteroatoms. The van der Waals surface area contributed by atoms with Gasteiger partial charge in [0.05, 0.1) is 5.75 Å². The molecule has 4 nitrogen and oxygen atoms in total. The molecule has 1 aromatic rings. The summed E-state index contributed by atoms with van der Waals surface area (Å²) in [6, 6.07) is 4.55. The maximum Gasteiger partial charge on any atom is 0.405 e. The van der Waals surface area contributed by atoms with Crippen LogP contribution >= 0.6 is 11.8 Å². The zero-order chi connectivity index (χ0) is 16.0. The molecule has 0 atom stereocenters. The second-order valence-corrected chi connectivity index (χ2v) is 5.42. The van der Waals surface area contributed by atoms with E-state index < -0.39 is 24.7 Å². The number of thioether (sulfide) groups is 1. The summed E-state index contributed by atoms with van der Waals surface area (Å²) in [6.45, 7) is 2.36. The van der Waals surface area contributed by atoms with Crippen LogP contribution in [0.3, 0.4) is 0 Å². The number of halogens is 3. The molecule has 0 spiro atoms. The normalized spacial score (nSPS) is 11.1. The fraction of sp³-hybridized carbons (Fsp3) is 0.385. The number of aryl methyl sites for hydroxylation is 2. The zero-order valence-corrected chi connectivity index (χ0v) is 12.3. The van der Waals surface area contributed by atoms with Crippen LogP contribution in [0, 0.1) is 13.8 Å². The van der Waals surface area contributed by atoms with Crippen LogP contribution in [0.25, 0.3) is 0 Å². The molecule has 0 bridgehead atoms. The maximum atomic E-state index is 11.9. The standard InChI is InChI=1S/C13H15F3N2O2S/c1-8-3-4-10(9(2)5-8)21-6-11(19)18-12(20)17-7-13(14,15)16/h3-5H,6-7H2,1-2H3,(H2,17,18,19,20). The van der Waals surface area contributed by atoms with Crippen molar-refractivity contribution in [3.05, 3.63) is 29.3 Å². The van der Waals surface area contributed by atoms with Gasteiger partial charge in [0.1, 0.15) is 6.54 Å². The van der Waals surface area contributed by atoms with Crippen LogP contribution < -0.4 is 10.6 Å². The number of amides is 3. The van der Waals surface area contributed by atoms with E-state index in [1.165, 1.54) is 11.8 Å². The lowest BCUT2D eigenvalue weighted by Gasteiger charge is -2.09. The number of hydrogen-bond donors (Lipinski definition) is 2. The van der Waals surface area contributed by atoms with Gasteiger partial charge in [0.2, 0.25) is 5.91 Å². The van der Waals surface area contributed by atoms with E-state index in [9.17, 15) is 22.8 Å². The molecule has 0 aliphatic carbocycles. The van der Waals surface area contributed by atoms with E-state index in [1.807, 2.05) is 37.4 Å². The summed E-state index contributed by atoms with van der Waals surface area (Å²) < 4.78 is 35.6. The molecule has 1 aromatic carbocycles. The van der Waals surface area contributed by atoms with Crippen LogP contribution in [0.1, 0.15) is 11.1 Å². The third-order valence-electron chi connectivity index (χ3n) is 2.39. The molecule has 1 rings (SSSR count). The summed E-state index contributed by atoms with van der Waals surface area (Å²) in [5.41, 5.74) is 2.09. The summed E-state index contributed by atoms with van der Waals surface area (Å²) in [6.07, 6.45) is -4.51. The number of nitrogens with one attached hydrogen (secondary N) is 2. The quantitative estimate of drug-likeness (QED) is 0.839. The number of urea groups is 1. The third-order valence-corrected chi connectivity index (χ3v) is 3.57. The second kappa shape index (κ2) is 7.35. The minimum absolute atomic E-state index is 0.0522. The van der Waals surface area contributed by atoms with Gasteiger partial charge in [-0.2, -0.15) is 13.2 Å². The zero-order valence-electron chi connectivity index (χ0n) is 11.5. The molecule has 0 saturated heterocycles. The Balaban J connectivity index is 2.39. The molecule has 0 unspecified atom stereocenters. The van der Waals surface area contributed by atoms with Gasteiger partial charge >= 0.3 is 12.2 Å². The highest BCUT2D eigenvalue weighted by molar-refractivity contribution is 8.00. The number of rotatable bonds is 4. The molecule has 0 fully saturated rings. The van der Waals surface area contributed by atoms with Crippen LogP contribution in [0.4, 0.5) is 18.0 Å². The van der Waals surface area contributed by atoms with Gasteiger partial charge in [-0.1, -0.05) is 17.7 Å². The van der Waals surface area contributed by atoms with Crippen LogP contribution in [-0.4, -0.2) is 30.4 Å². The molecular formula is C13H15F3N2O2S. The molecule has 0 saturated carbocycles. The van der Waals surface area contributed by atoms with Crippen LogP contribution in [-0.2, 0) is 4.79 Å². The predicted molar refractivity (Wildman–Crippen MR) is 74.2 cm³/mol. The van der Waals surface area contributed by atoms with Gasteiger partial charge in [-0.15, -0.1) is 11.8 Å². The summed E-state index contributed by atoms with van der Waals surface area (Å²) >= 11 is 1.22. The van der Waals surface area contributed by atoms with Gasteiger partial charge in [-0.25, -0.2) is 4.79 Å². The van der Waals surface area contributed by atoms with Crippen molar-refractivity contribution >= 4 is 23.7 Å². The third kappa shape index (κ3) is 7.03. The first kappa shape index (κ1) is 17.4. The Kier molecular flexibility index (Phi) is 6.07. The summed E-state index contributed by atoms with van der Waals surface area (Å²) in [5, 5.41) is 3.41. The van der Waals surface area contributed by atoms with E-state index in [0.29, 0.717) is 0 Å². The highest BCUT2D eigenvalue weighted by Crippen LogP contribution is 2.22. The predicted octanol–water partition coefficient (Wildman–Crippen LogP) is 2.78. The smallest absolute Gasteiger partial charge is 0.329 e. The van der Waals surface area contributed by atoms with E-state index in [-0.39, 0.29) is 5.75 Å². The largest absolute Gasteiger partial charge is 0.405 e. The van der Waals surface area contributed by atoms with Gasteiger partial charge in [0.25, 0.3) is 0 Å². The van der Waals surface area contributed by atoms with Crippen LogP contribution in [0.5, 0.6) is 0 Å². The van der Waals surface area contributed by atoms with Crippen LogP contribution in [0.15, 0.2) is 23.1 Å². The fourth-order valence-corrected chi connectivity index (χ4v) is 2.30.